The van der Waals surface area contributed by atoms with Gasteiger partial charge in [-0.05, 0) is 31.5 Å². The molecule has 0 saturated carbocycles. The molecule has 25 heavy (non-hydrogen) atoms. The minimum Gasteiger partial charge on any atom is -0.445 e. The van der Waals surface area contributed by atoms with Crippen molar-refractivity contribution in [1.82, 2.24) is 15.1 Å². The average Bonchev–Trinajstić information content (AvgIpc) is 2.67. The number of hydrogen-bond donors (Lipinski definition) is 1. The second-order valence-corrected chi connectivity index (χ2v) is 6.38. The monoisotopic (exact) mass is 367 g/mol. The van der Waals surface area contributed by atoms with E-state index in [2.05, 4.69) is 5.32 Å². The van der Waals surface area contributed by atoms with Crippen LogP contribution in [0.4, 0.5) is 4.79 Å². The molecular formula is C18H26ClN3O3. The van der Waals surface area contributed by atoms with Crippen LogP contribution < -0.4 is 5.32 Å². The number of hydrogen-bond acceptors (Lipinski definition) is 4. The van der Waals surface area contributed by atoms with Gasteiger partial charge in [0.25, 0.3) is 0 Å². The number of ether oxygens (including phenoxy) is 1. The SMILES string of the molecule is Cl.O=C(OCc1ccccc1)N1CCN(C(=O)C2CCNCC2)CC1. The molecule has 0 aliphatic carbocycles. The molecule has 1 aromatic carbocycles. The van der Waals surface area contributed by atoms with E-state index in [1.54, 1.807) is 4.90 Å². The van der Waals surface area contributed by atoms with Crippen molar-refractivity contribution in [3.8, 4) is 0 Å². The second kappa shape index (κ2) is 9.63. The maximum absolute atomic E-state index is 12.5. The molecule has 0 bridgehead atoms. The van der Waals surface area contributed by atoms with Crippen molar-refractivity contribution in [2.24, 2.45) is 5.92 Å². The molecule has 0 atom stereocenters. The zero-order valence-electron chi connectivity index (χ0n) is 14.4. The Kier molecular flexibility index (Phi) is 7.52. The van der Waals surface area contributed by atoms with Gasteiger partial charge in [-0.1, -0.05) is 30.3 Å². The minimum atomic E-state index is -0.298. The summed E-state index contributed by atoms with van der Waals surface area (Å²) in [4.78, 5) is 28.2. The number of amides is 2. The van der Waals surface area contributed by atoms with Gasteiger partial charge >= 0.3 is 6.09 Å². The third kappa shape index (κ3) is 5.34. The van der Waals surface area contributed by atoms with E-state index in [1.165, 1.54) is 0 Å². The molecule has 0 aromatic heterocycles. The Balaban J connectivity index is 0.00000225. The highest BCUT2D eigenvalue weighted by Crippen LogP contribution is 2.17. The van der Waals surface area contributed by atoms with Gasteiger partial charge in [-0.15, -0.1) is 12.4 Å². The number of piperazine rings is 1. The fraction of sp³-hybridized carbons (Fsp3) is 0.556. The lowest BCUT2D eigenvalue weighted by Gasteiger charge is -2.36. The molecule has 7 heteroatoms. The lowest BCUT2D eigenvalue weighted by atomic mass is 9.96. The van der Waals surface area contributed by atoms with Crippen molar-refractivity contribution >= 4 is 24.4 Å². The van der Waals surface area contributed by atoms with Crippen LogP contribution in [0.5, 0.6) is 0 Å². The van der Waals surface area contributed by atoms with Crippen molar-refractivity contribution in [3.63, 3.8) is 0 Å². The first-order valence-electron chi connectivity index (χ1n) is 8.69. The van der Waals surface area contributed by atoms with Crippen LogP contribution in [-0.2, 0) is 16.1 Å². The predicted molar refractivity (Wildman–Crippen MR) is 97.6 cm³/mol. The summed E-state index contributed by atoms with van der Waals surface area (Å²) in [5, 5.41) is 3.28. The summed E-state index contributed by atoms with van der Waals surface area (Å²) in [5.41, 5.74) is 0.977. The summed E-state index contributed by atoms with van der Waals surface area (Å²) in [6, 6.07) is 9.65. The maximum Gasteiger partial charge on any atom is 0.410 e. The Bertz CT molecular complexity index is 556. The number of halogens is 1. The molecule has 2 fully saturated rings. The molecule has 2 heterocycles. The van der Waals surface area contributed by atoms with E-state index in [1.807, 2.05) is 35.2 Å². The van der Waals surface area contributed by atoms with E-state index < -0.39 is 0 Å². The molecule has 0 spiro atoms. The molecule has 2 aliphatic heterocycles. The van der Waals surface area contributed by atoms with Crippen LogP contribution in [0.15, 0.2) is 30.3 Å². The van der Waals surface area contributed by atoms with Crippen LogP contribution in [0, 0.1) is 5.92 Å². The third-order valence-corrected chi connectivity index (χ3v) is 4.74. The molecule has 2 amide bonds. The first kappa shape index (κ1) is 19.5. The number of rotatable bonds is 3. The number of carbonyl (C=O) groups is 2. The highest BCUT2D eigenvalue weighted by molar-refractivity contribution is 5.85. The highest BCUT2D eigenvalue weighted by atomic mass is 35.5. The second-order valence-electron chi connectivity index (χ2n) is 6.38. The number of piperidine rings is 1. The zero-order chi connectivity index (χ0) is 16.8. The van der Waals surface area contributed by atoms with Gasteiger partial charge in [-0.25, -0.2) is 4.79 Å². The van der Waals surface area contributed by atoms with Crippen molar-refractivity contribution in [2.75, 3.05) is 39.3 Å². The third-order valence-electron chi connectivity index (χ3n) is 4.74. The van der Waals surface area contributed by atoms with E-state index in [-0.39, 0.29) is 36.9 Å². The number of benzene rings is 1. The van der Waals surface area contributed by atoms with E-state index in [4.69, 9.17) is 4.74 Å². The van der Waals surface area contributed by atoms with Gasteiger partial charge in [-0.3, -0.25) is 4.79 Å². The van der Waals surface area contributed by atoms with Crippen molar-refractivity contribution in [2.45, 2.75) is 19.4 Å². The molecule has 1 N–H and O–H groups in total. The Morgan fingerprint density at radius 1 is 1.00 bits per heavy atom. The van der Waals surface area contributed by atoms with Crippen molar-refractivity contribution in [1.29, 1.82) is 0 Å². The van der Waals surface area contributed by atoms with Gasteiger partial charge in [0, 0.05) is 32.1 Å². The first-order chi connectivity index (χ1) is 11.7. The zero-order valence-corrected chi connectivity index (χ0v) is 15.2. The summed E-state index contributed by atoms with van der Waals surface area (Å²) in [7, 11) is 0. The van der Waals surface area contributed by atoms with Crippen LogP contribution in [0.25, 0.3) is 0 Å². The molecule has 0 unspecified atom stereocenters. The Morgan fingerprint density at radius 2 is 1.60 bits per heavy atom. The number of nitrogens with one attached hydrogen (secondary N) is 1. The lowest BCUT2D eigenvalue weighted by Crippen LogP contribution is -2.52. The van der Waals surface area contributed by atoms with E-state index >= 15 is 0 Å². The molecular weight excluding hydrogens is 342 g/mol. The normalized spacial score (nSPS) is 18.4. The Hall–Kier alpha value is -1.79. The topological polar surface area (TPSA) is 61.9 Å². The van der Waals surface area contributed by atoms with Gasteiger partial charge in [0.05, 0.1) is 0 Å². The Morgan fingerprint density at radius 3 is 2.24 bits per heavy atom. The van der Waals surface area contributed by atoms with Crippen LogP contribution in [0.1, 0.15) is 18.4 Å². The van der Waals surface area contributed by atoms with E-state index in [9.17, 15) is 9.59 Å². The molecule has 1 aromatic rings. The van der Waals surface area contributed by atoms with Gasteiger partial charge in [0.1, 0.15) is 6.61 Å². The predicted octanol–water partition coefficient (Wildman–Crippen LogP) is 1.89. The summed E-state index contributed by atoms with van der Waals surface area (Å²) >= 11 is 0. The van der Waals surface area contributed by atoms with Crippen molar-refractivity contribution < 1.29 is 14.3 Å². The van der Waals surface area contributed by atoms with Gasteiger partial charge in [-0.2, -0.15) is 0 Å². The van der Waals surface area contributed by atoms with Crippen LogP contribution in [0.3, 0.4) is 0 Å². The number of nitrogens with zero attached hydrogens (tertiary/aromatic N) is 2. The molecule has 2 saturated heterocycles. The molecule has 138 valence electrons. The fourth-order valence-corrected chi connectivity index (χ4v) is 3.25. The maximum atomic E-state index is 12.5. The minimum absolute atomic E-state index is 0. The largest absolute Gasteiger partial charge is 0.445 e. The van der Waals surface area contributed by atoms with Crippen molar-refractivity contribution in [3.05, 3.63) is 35.9 Å². The van der Waals surface area contributed by atoms with E-state index in [0.29, 0.717) is 26.2 Å². The Labute approximate surface area is 154 Å². The summed E-state index contributed by atoms with van der Waals surface area (Å²) < 4.78 is 5.35. The fourth-order valence-electron chi connectivity index (χ4n) is 3.25. The molecule has 3 rings (SSSR count). The summed E-state index contributed by atoms with van der Waals surface area (Å²) in [6.07, 6.45) is 1.53. The van der Waals surface area contributed by atoms with Crippen LogP contribution in [0.2, 0.25) is 0 Å². The average molecular weight is 368 g/mol. The first-order valence-corrected chi connectivity index (χ1v) is 8.69. The highest BCUT2D eigenvalue weighted by Gasteiger charge is 2.30. The van der Waals surface area contributed by atoms with Crippen LogP contribution in [-0.4, -0.2) is 61.1 Å². The smallest absolute Gasteiger partial charge is 0.410 e. The quantitative estimate of drug-likeness (QED) is 0.886. The lowest BCUT2D eigenvalue weighted by molar-refractivity contribution is -0.138. The van der Waals surface area contributed by atoms with Gasteiger partial charge in [0.2, 0.25) is 5.91 Å². The van der Waals surface area contributed by atoms with Gasteiger partial charge in [0.15, 0.2) is 0 Å². The number of carbonyl (C=O) groups excluding carboxylic acids is 2. The van der Waals surface area contributed by atoms with E-state index in [0.717, 1.165) is 31.5 Å². The summed E-state index contributed by atoms with van der Waals surface area (Å²) in [6.45, 7) is 4.42. The molecule has 2 aliphatic rings. The molecule has 6 nitrogen and oxygen atoms in total. The molecule has 0 radical (unpaired) electrons. The van der Waals surface area contributed by atoms with Crippen LogP contribution >= 0.6 is 12.4 Å². The van der Waals surface area contributed by atoms with Gasteiger partial charge < -0.3 is 19.9 Å². The summed E-state index contributed by atoms with van der Waals surface area (Å²) in [5.74, 6) is 0.386. The standard InChI is InChI=1S/C18H25N3O3.ClH/c22-17(16-6-8-19-9-7-16)20-10-12-21(13-11-20)18(23)24-14-15-4-2-1-3-5-15;/h1-5,16,19H,6-14H2;1H.